The van der Waals surface area contributed by atoms with Crippen molar-refractivity contribution in [2.24, 2.45) is 0 Å². The number of hydrogen-bond donors (Lipinski definition) is 0. The number of carbonyl (C=O) groups excluding carboxylic acids is 2. The Kier molecular flexibility index (Phi) is 7.04. The van der Waals surface area contributed by atoms with E-state index >= 15 is 0 Å². The summed E-state index contributed by atoms with van der Waals surface area (Å²) >= 11 is 0. The number of aryl methyl sites for hydroxylation is 2. The molecular weight excluding hydrogens is 304 g/mol. The first-order valence-electron chi connectivity index (χ1n) is 7.51. The lowest BCUT2D eigenvalue weighted by Crippen LogP contribution is -2.22. The van der Waals surface area contributed by atoms with Crippen LogP contribution >= 0.6 is 0 Å². The lowest BCUT2D eigenvalue weighted by atomic mass is 10.2. The number of pyridine rings is 2. The zero-order chi connectivity index (χ0) is 18.3. The van der Waals surface area contributed by atoms with Crippen LogP contribution in [0.3, 0.4) is 0 Å². The van der Waals surface area contributed by atoms with Gasteiger partial charge >= 0.3 is 0 Å². The maximum absolute atomic E-state index is 11.4. The Labute approximate surface area is 143 Å². The topological polar surface area (TPSA) is 66.4 Å². The van der Waals surface area contributed by atoms with Gasteiger partial charge in [-0.05, 0) is 43.2 Å². The van der Waals surface area contributed by atoms with Crippen LogP contribution in [0.1, 0.15) is 32.1 Å². The van der Waals surface area contributed by atoms with E-state index in [0.717, 1.165) is 11.1 Å². The van der Waals surface area contributed by atoms with Crippen molar-refractivity contribution < 1.29 is 9.59 Å². The van der Waals surface area contributed by atoms with Crippen LogP contribution in [0.5, 0.6) is 0 Å². The van der Waals surface area contributed by atoms with Gasteiger partial charge in [-0.2, -0.15) is 0 Å². The highest BCUT2D eigenvalue weighted by Gasteiger charge is 2.08. The summed E-state index contributed by atoms with van der Waals surface area (Å²) in [5.74, 6) is -0.117. The highest BCUT2D eigenvalue weighted by atomic mass is 16.2. The number of aromatic nitrogens is 2. The van der Waals surface area contributed by atoms with Crippen molar-refractivity contribution in [2.45, 2.75) is 13.8 Å². The van der Waals surface area contributed by atoms with Crippen molar-refractivity contribution in [3.63, 3.8) is 0 Å². The molecule has 0 radical (unpaired) electrons. The van der Waals surface area contributed by atoms with Gasteiger partial charge in [0.15, 0.2) is 0 Å². The molecule has 0 fully saturated rings. The molecule has 0 saturated heterocycles. The molecule has 2 aromatic rings. The first-order valence-corrected chi connectivity index (χ1v) is 7.51. The van der Waals surface area contributed by atoms with Crippen LogP contribution in [0.2, 0.25) is 0 Å². The van der Waals surface area contributed by atoms with Gasteiger partial charge in [-0.3, -0.25) is 19.6 Å². The van der Waals surface area contributed by atoms with Crippen molar-refractivity contribution in [1.82, 2.24) is 19.8 Å². The minimum Gasteiger partial charge on any atom is -0.343 e. The van der Waals surface area contributed by atoms with E-state index < -0.39 is 0 Å². The predicted molar refractivity (Wildman–Crippen MR) is 94.0 cm³/mol. The molecule has 6 nitrogen and oxygen atoms in total. The Morgan fingerprint density at radius 2 is 1.38 bits per heavy atom. The summed E-state index contributed by atoms with van der Waals surface area (Å²) in [6.07, 6.45) is 3.34. The molecule has 0 N–H and O–H groups in total. The lowest BCUT2D eigenvalue weighted by Gasteiger charge is -2.08. The average molecular weight is 328 g/mol. The van der Waals surface area contributed by atoms with E-state index in [-0.39, 0.29) is 11.8 Å². The van der Waals surface area contributed by atoms with Gasteiger partial charge in [-0.15, -0.1) is 0 Å². The van der Waals surface area contributed by atoms with Crippen molar-refractivity contribution >= 4 is 11.8 Å². The minimum atomic E-state index is -0.0602. The smallest absolute Gasteiger partial charge is 0.271 e. The molecule has 0 saturated carbocycles. The molecule has 0 spiro atoms. The molecule has 2 aromatic heterocycles. The lowest BCUT2D eigenvalue weighted by molar-refractivity contribution is 0.0815. The Balaban J connectivity index is 0.000000240. The van der Waals surface area contributed by atoms with Gasteiger partial charge in [0.1, 0.15) is 11.4 Å². The second-order valence-electron chi connectivity index (χ2n) is 5.84. The molecule has 0 aliphatic heterocycles. The van der Waals surface area contributed by atoms with Crippen molar-refractivity contribution in [3.8, 4) is 0 Å². The molecule has 6 heteroatoms. The van der Waals surface area contributed by atoms with Crippen LogP contribution in [-0.2, 0) is 0 Å². The van der Waals surface area contributed by atoms with Gasteiger partial charge in [0.05, 0.1) is 0 Å². The zero-order valence-electron chi connectivity index (χ0n) is 15.1. The Morgan fingerprint density at radius 1 is 0.792 bits per heavy atom. The standard InChI is InChI=1S/2C9H12N2O/c1-7-4-5-10-8(6-7)9(12)11(2)3;1-7-4-5-8(10-6-7)9(12)11(2)3/h2*4-6H,1-3H3. The number of amides is 2. The molecule has 2 rings (SSSR count). The molecular formula is C18H24N4O2. The van der Waals surface area contributed by atoms with Gasteiger partial charge < -0.3 is 9.80 Å². The third-order valence-electron chi connectivity index (χ3n) is 3.08. The number of nitrogens with zero attached hydrogens (tertiary/aromatic N) is 4. The molecule has 2 heterocycles. The van der Waals surface area contributed by atoms with Gasteiger partial charge in [0, 0.05) is 40.6 Å². The molecule has 24 heavy (non-hydrogen) atoms. The predicted octanol–water partition coefficient (Wildman–Crippen LogP) is 2.18. The van der Waals surface area contributed by atoms with Crippen LogP contribution in [0.15, 0.2) is 36.7 Å². The van der Waals surface area contributed by atoms with Gasteiger partial charge in [0.2, 0.25) is 0 Å². The molecule has 0 aliphatic rings. The van der Waals surface area contributed by atoms with Crippen LogP contribution in [-0.4, -0.2) is 59.8 Å². The molecule has 0 aromatic carbocycles. The van der Waals surface area contributed by atoms with E-state index in [9.17, 15) is 9.59 Å². The Bertz CT molecular complexity index is 694. The summed E-state index contributed by atoms with van der Waals surface area (Å²) in [4.78, 5) is 33.7. The molecule has 2 amide bonds. The molecule has 0 atom stereocenters. The summed E-state index contributed by atoms with van der Waals surface area (Å²) in [6, 6.07) is 7.26. The zero-order valence-corrected chi connectivity index (χ0v) is 15.1. The van der Waals surface area contributed by atoms with Crippen LogP contribution < -0.4 is 0 Å². The summed E-state index contributed by atoms with van der Waals surface area (Å²) in [5.41, 5.74) is 3.10. The normalized spacial score (nSPS) is 9.58. The fourth-order valence-electron chi connectivity index (χ4n) is 1.71. The van der Waals surface area contributed by atoms with E-state index in [1.807, 2.05) is 26.0 Å². The van der Waals surface area contributed by atoms with Crippen molar-refractivity contribution in [2.75, 3.05) is 28.2 Å². The number of rotatable bonds is 2. The maximum atomic E-state index is 11.4. The van der Waals surface area contributed by atoms with E-state index in [2.05, 4.69) is 9.97 Å². The largest absolute Gasteiger partial charge is 0.343 e. The highest BCUT2D eigenvalue weighted by Crippen LogP contribution is 2.02. The molecule has 128 valence electrons. The first kappa shape index (κ1) is 19.3. The van der Waals surface area contributed by atoms with Gasteiger partial charge in [0.25, 0.3) is 11.8 Å². The molecule has 0 bridgehead atoms. The SMILES string of the molecule is Cc1ccc(C(=O)N(C)C)nc1.Cc1ccnc(C(=O)N(C)C)c1. The maximum Gasteiger partial charge on any atom is 0.271 e. The molecule has 0 aliphatic carbocycles. The van der Waals surface area contributed by atoms with Crippen LogP contribution in [0.4, 0.5) is 0 Å². The van der Waals surface area contributed by atoms with E-state index in [4.69, 9.17) is 0 Å². The van der Waals surface area contributed by atoms with Gasteiger partial charge in [-0.1, -0.05) is 6.07 Å². The second kappa shape index (κ2) is 8.76. The fourth-order valence-corrected chi connectivity index (χ4v) is 1.71. The van der Waals surface area contributed by atoms with Crippen LogP contribution in [0.25, 0.3) is 0 Å². The second-order valence-corrected chi connectivity index (χ2v) is 5.84. The number of hydrogen-bond acceptors (Lipinski definition) is 4. The van der Waals surface area contributed by atoms with Crippen molar-refractivity contribution in [1.29, 1.82) is 0 Å². The summed E-state index contributed by atoms with van der Waals surface area (Å²) < 4.78 is 0. The quantitative estimate of drug-likeness (QED) is 0.847. The fraction of sp³-hybridized carbons (Fsp3) is 0.333. The van der Waals surface area contributed by atoms with E-state index in [1.165, 1.54) is 9.80 Å². The van der Waals surface area contributed by atoms with E-state index in [1.54, 1.807) is 52.7 Å². The Morgan fingerprint density at radius 3 is 1.83 bits per heavy atom. The third kappa shape index (κ3) is 5.79. The monoisotopic (exact) mass is 328 g/mol. The van der Waals surface area contributed by atoms with Crippen LogP contribution in [0, 0.1) is 13.8 Å². The van der Waals surface area contributed by atoms with E-state index in [0.29, 0.717) is 11.4 Å². The first-order chi connectivity index (χ1) is 11.2. The summed E-state index contributed by atoms with van der Waals surface area (Å²) in [6.45, 7) is 3.88. The Hall–Kier alpha value is -2.76. The number of carbonyl (C=O) groups is 2. The van der Waals surface area contributed by atoms with Gasteiger partial charge in [-0.25, -0.2) is 0 Å². The summed E-state index contributed by atoms with van der Waals surface area (Å²) in [7, 11) is 6.85. The minimum absolute atomic E-state index is 0.0568. The third-order valence-corrected chi connectivity index (χ3v) is 3.08. The highest BCUT2D eigenvalue weighted by molar-refractivity contribution is 5.92. The summed E-state index contributed by atoms with van der Waals surface area (Å²) in [5, 5.41) is 0. The van der Waals surface area contributed by atoms with Crippen molar-refractivity contribution in [3.05, 3.63) is 59.2 Å². The average Bonchev–Trinajstić information content (AvgIpc) is 2.54. The molecule has 0 unspecified atom stereocenters.